The predicted octanol–water partition coefficient (Wildman–Crippen LogP) is 10.4. The maximum absolute atomic E-state index is 13.9. The van der Waals surface area contributed by atoms with Gasteiger partial charge in [-0.25, -0.2) is 13.6 Å². The standard InChI is InChI=1S/C36H31FN4O5.C28H25FN4O3.CH4/c1-24(40(2)36(45)46-23-25-9-5-3-6-10-25)34(43)39-31-17-18-32(27-11-7-4-8-12-27)41(35(31)44)22-26-19-29(21-38-20-26)33(42)28-13-15-30(37)16-14-28;1-18(30-2)27(35)32-24-12-13-25(20-6-4-3-5-7-20)33(28(24)36)17-19-14-22(16-31-15-19)26(34)21-8-10-23(29)11-9-21;/h3-21,24H,22-23H2,1-2H3,(H,39,43);3-16,18,30H,17H2,1-2H3,(H,32,35);1H4/t24-;18-;/m00./s1. The molecule has 18 heteroatoms. The van der Waals surface area contributed by atoms with Crippen molar-refractivity contribution < 1.29 is 37.5 Å². The minimum absolute atomic E-state index is 0. The highest BCUT2D eigenvalue weighted by molar-refractivity contribution is 6.09. The Morgan fingerprint density at radius 1 is 0.530 bits per heavy atom. The molecule has 0 radical (unpaired) electrons. The van der Waals surface area contributed by atoms with E-state index in [4.69, 9.17) is 4.74 Å². The third-order valence-corrected chi connectivity index (χ3v) is 13.3. The van der Waals surface area contributed by atoms with E-state index < -0.39 is 41.3 Å². The number of aromatic nitrogens is 4. The Labute approximate surface area is 478 Å². The zero-order valence-electron chi connectivity index (χ0n) is 45.1. The maximum atomic E-state index is 13.9. The second kappa shape index (κ2) is 28.2. The largest absolute Gasteiger partial charge is 0.445 e. The molecule has 16 nitrogen and oxygen atoms in total. The molecule has 0 aliphatic heterocycles. The fraction of sp³-hybridized carbons (Fsp3) is 0.154. The van der Waals surface area contributed by atoms with E-state index in [1.165, 1.54) is 90.1 Å². The molecule has 0 saturated carbocycles. The zero-order chi connectivity index (χ0) is 58.3. The normalized spacial score (nSPS) is 11.3. The van der Waals surface area contributed by atoms with Crippen LogP contribution in [0.15, 0.2) is 210 Å². The third kappa shape index (κ3) is 15.3. The van der Waals surface area contributed by atoms with Crippen molar-refractivity contribution in [2.75, 3.05) is 24.7 Å². The summed E-state index contributed by atoms with van der Waals surface area (Å²) in [5.41, 5.74) is 5.30. The third-order valence-electron chi connectivity index (χ3n) is 13.3. The molecule has 2 atom stereocenters. The van der Waals surface area contributed by atoms with Crippen LogP contribution in [-0.2, 0) is 34.0 Å². The number of halogens is 2. The fourth-order valence-corrected chi connectivity index (χ4v) is 8.44. The number of nitrogens with zero attached hydrogens (tertiary/aromatic N) is 5. The van der Waals surface area contributed by atoms with Gasteiger partial charge in [-0.15, -0.1) is 0 Å². The van der Waals surface area contributed by atoms with Crippen LogP contribution in [0.1, 0.15) is 69.8 Å². The van der Waals surface area contributed by atoms with E-state index in [2.05, 4.69) is 25.9 Å². The number of ether oxygens (including phenoxy) is 1. The SMILES string of the molecule is C.CN[C@@H](C)C(=O)Nc1ccc(-c2ccccc2)n(Cc2cncc(C(=O)c3ccc(F)cc3)c2)c1=O.C[C@@H](C(=O)Nc1ccc(-c2ccccc2)n(Cc2cncc(C(=O)c3ccc(F)cc3)c2)c1=O)N(C)C(=O)OCc1ccccc1. The number of rotatable bonds is 18. The molecule has 9 rings (SSSR count). The van der Waals surface area contributed by atoms with E-state index >= 15 is 0 Å². The molecule has 5 aromatic carbocycles. The van der Waals surface area contributed by atoms with Crippen LogP contribution < -0.4 is 27.1 Å². The van der Waals surface area contributed by atoms with Crippen LogP contribution in [0.2, 0.25) is 0 Å². The monoisotopic (exact) mass is 1120 g/mol. The summed E-state index contributed by atoms with van der Waals surface area (Å²) >= 11 is 0. The number of ketones is 2. The van der Waals surface area contributed by atoms with Crippen LogP contribution >= 0.6 is 0 Å². The number of anilines is 2. The summed E-state index contributed by atoms with van der Waals surface area (Å²) in [5.74, 6) is -2.44. The molecular formula is C65H60F2N8O8. The smallest absolute Gasteiger partial charge is 0.410 e. The number of hydrogen-bond acceptors (Lipinski definition) is 11. The summed E-state index contributed by atoms with van der Waals surface area (Å²) < 4.78 is 35.0. The van der Waals surface area contributed by atoms with Crippen LogP contribution in [-0.4, -0.2) is 79.7 Å². The van der Waals surface area contributed by atoms with Gasteiger partial charge in [0.05, 0.1) is 30.5 Å². The van der Waals surface area contributed by atoms with Crippen molar-refractivity contribution in [1.29, 1.82) is 0 Å². The summed E-state index contributed by atoms with van der Waals surface area (Å²) in [6.07, 6.45) is 5.29. The van der Waals surface area contributed by atoms with Crippen molar-refractivity contribution in [2.24, 2.45) is 0 Å². The number of nitrogens with one attached hydrogen (secondary N) is 3. The van der Waals surface area contributed by atoms with Crippen LogP contribution in [0.3, 0.4) is 0 Å². The summed E-state index contributed by atoms with van der Waals surface area (Å²) in [4.78, 5) is 101. The van der Waals surface area contributed by atoms with Gasteiger partial charge < -0.3 is 29.8 Å². The lowest BCUT2D eigenvalue weighted by Gasteiger charge is -2.24. The second-order valence-electron chi connectivity index (χ2n) is 18.9. The average molecular weight is 1120 g/mol. The van der Waals surface area contributed by atoms with Gasteiger partial charge in [0.2, 0.25) is 11.8 Å². The van der Waals surface area contributed by atoms with Crippen molar-refractivity contribution in [3.63, 3.8) is 0 Å². The molecule has 83 heavy (non-hydrogen) atoms. The predicted molar refractivity (Wildman–Crippen MR) is 315 cm³/mol. The zero-order valence-corrected chi connectivity index (χ0v) is 45.1. The number of hydrogen-bond donors (Lipinski definition) is 3. The van der Waals surface area contributed by atoms with Gasteiger partial charge in [0.25, 0.3) is 11.1 Å². The topological polar surface area (TPSA) is 204 Å². The van der Waals surface area contributed by atoms with Gasteiger partial charge in [-0.05, 0) is 134 Å². The minimum atomic E-state index is -0.955. The van der Waals surface area contributed by atoms with E-state index in [9.17, 15) is 42.3 Å². The van der Waals surface area contributed by atoms with Gasteiger partial charge in [-0.3, -0.25) is 43.6 Å². The van der Waals surface area contributed by atoms with Crippen LogP contribution in [0.25, 0.3) is 22.5 Å². The number of carbonyl (C=O) groups excluding carboxylic acids is 5. The number of benzene rings is 5. The van der Waals surface area contributed by atoms with E-state index in [-0.39, 0.29) is 67.1 Å². The second-order valence-corrected chi connectivity index (χ2v) is 18.9. The van der Waals surface area contributed by atoms with E-state index in [1.807, 2.05) is 91.0 Å². The number of amides is 3. The van der Waals surface area contributed by atoms with Gasteiger partial charge in [0, 0.05) is 54.1 Å². The molecule has 0 saturated heterocycles. The minimum Gasteiger partial charge on any atom is -0.445 e. The summed E-state index contributed by atoms with van der Waals surface area (Å²) in [6.45, 7) is 3.43. The van der Waals surface area contributed by atoms with Crippen LogP contribution in [0.5, 0.6) is 0 Å². The fourth-order valence-electron chi connectivity index (χ4n) is 8.44. The van der Waals surface area contributed by atoms with Crippen LogP contribution in [0, 0.1) is 11.6 Å². The highest BCUT2D eigenvalue weighted by Gasteiger charge is 2.26. The average Bonchev–Trinajstić information content (AvgIpc) is 3.68. The van der Waals surface area contributed by atoms with Gasteiger partial charge >= 0.3 is 6.09 Å². The van der Waals surface area contributed by atoms with Crippen molar-refractivity contribution in [1.82, 2.24) is 29.3 Å². The Kier molecular flexibility index (Phi) is 20.5. The molecule has 0 aliphatic rings. The van der Waals surface area contributed by atoms with Crippen molar-refractivity contribution in [3.8, 4) is 22.5 Å². The lowest BCUT2D eigenvalue weighted by atomic mass is 10.0. The van der Waals surface area contributed by atoms with Crippen LogP contribution in [0.4, 0.5) is 25.0 Å². The molecule has 0 spiro atoms. The number of pyridine rings is 4. The summed E-state index contributed by atoms with van der Waals surface area (Å²) in [6, 6.07) is 46.8. The first-order valence-corrected chi connectivity index (χ1v) is 25.9. The van der Waals surface area contributed by atoms with E-state index in [0.29, 0.717) is 39.2 Å². The maximum Gasteiger partial charge on any atom is 0.410 e. The first-order valence-electron chi connectivity index (χ1n) is 25.9. The number of likely N-dealkylation sites (N-methyl/N-ethyl adjacent to an activating group) is 2. The van der Waals surface area contributed by atoms with Gasteiger partial charge in [-0.1, -0.05) is 98.4 Å². The highest BCUT2D eigenvalue weighted by Crippen LogP contribution is 2.24. The van der Waals surface area contributed by atoms with Crippen molar-refractivity contribution in [2.45, 2.75) is 53.1 Å². The molecule has 422 valence electrons. The molecule has 0 fully saturated rings. The lowest BCUT2D eigenvalue weighted by molar-refractivity contribution is -0.120. The van der Waals surface area contributed by atoms with Gasteiger partial charge in [0.1, 0.15) is 35.7 Å². The molecule has 3 amide bonds. The van der Waals surface area contributed by atoms with Crippen molar-refractivity contribution in [3.05, 3.63) is 272 Å². The van der Waals surface area contributed by atoms with Gasteiger partial charge in [-0.2, -0.15) is 0 Å². The molecular weight excluding hydrogens is 1060 g/mol. The Morgan fingerprint density at radius 3 is 1.36 bits per heavy atom. The first-order chi connectivity index (χ1) is 39.6. The first kappa shape index (κ1) is 60.3. The quantitative estimate of drug-likeness (QED) is 0.0690. The van der Waals surface area contributed by atoms with E-state index in [1.54, 1.807) is 56.7 Å². The molecule has 0 unspecified atom stereocenters. The van der Waals surface area contributed by atoms with Crippen molar-refractivity contribution >= 4 is 40.8 Å². The Hall–Kier alpha value is -10.3. The summed E-state index contributed by atoms with van der Waals surface area (Å²) in [7, 11) is 3.11. The number of carbonyl (C=O) groups is 5. The Bertz CT molecular complexity index is 3860. The highest BCUT2D eigenvalue weighted by atomic mass is 19.1. The Morgan fingerprint density at radius 2 is 0.940 bits per heavy atom. The molecule has 4 aromatic heterocycles. The summed E-state index contributed by atoms with van der Waals surface area (Å²) in [5, 5.41) is 8.19. The molecule has 3 N–H and O–H groups in total. The Balaban J connectivity index is 0.000000243. The van der Waals surface area contributed by atoms with E-state index in [0.717, 1.165) is 21.6 Å². The molecule has 0 bridgehead atoms. The molecule has 9 aromatic rings. The lowest BCUT2D eigenvalue weighted by Crippen LogP contribution is -2.44. The molecule has 4 heterocycles. The van der Waals surface area contributed by atoms with Gasteiger partial charge in [0.15, 0.2) is 11.6 Å². The molecule has 0 aliphatic carbocycles.